The Kier molecular flexibility index (Phi) is 6.27. The van der Waals surface area contributed by atoms with Gasteiger partial charge in [0.05, 0.1) is 17.4 Å². The van der Waals surface area contributed by atoms with E-state index in [1.165, 1.54) is 28.8 Å². The zero-order chi connectivity index (χ0) is 17.7. The summed E-state index contributed by atoms with van der Waals surface area (Å²) in [7, 11) is -4.00. The Morgan fingerprint density at radius 3 is 2.88 bits per heavy atom. The van der Waals surface area contributed by atoms with Crippen LogP contribution in [-0.4, -0.2) is 25.9 Å². The number of ether oxygens (including phenoxy) is 1. The van der Waals surface area contributed by atoms with E-state index in [0.717, 1.165) is 6.07 Å². The Morgan fingerprint density at radius 2 is 2.21 bits per heavy atom. The summed E-state index contributed by atoms with van der Waals surface area (Å²) in [6.45, 7) is 2.59. The van der Waals surface area contributed by atoms with Crippen LogP contribution in [0.2, 0.25) is 5.02 Å². The molecule has 0 fully saturated rings. The zero-order valence-corrected chi connectivity index (χ0v) is 15.0. The van der Waals surface area contributed by atoms with Gasteiger partial charge in [-0.2, -0.15) is 0 Å². The molecule has 10 heteroatoms. The fraction of sp³-hybridized carbons (Fsp3) is 0.286. The largest absolute Gasteiger partial charge is 0.375 e. The summed E-state index contributed by atoms with van der Waals surface area (Å²) in [6.07, 6.45) is 0. The first kappa shape index (κ1) is 18.8. The number of sulfonamides is 1. The molecule has 0 unspecified atom stereocenters. The standard InChI is InChI=1S/C14H14ClFN2O4S2/c1-2-22-6-13-17-12(7-23-13)14(19)18-24(20,21)8-9-3-4-10(15)11(16)5-9/h3-5,7H,2,6,8H2,1H3,(H,18,19). The van der Waals surface area contributed by atoms with E-state index in [1.807, 2.05) is 11.6 Å². The normalized spacial score (nSPS) is 11.5. The SMILES string of the molecule is CCOCc1nc(C(=O)NS(=O)(=O)Cc2ccc(Cl)c(F)c2)cs1. The summed E-state index contributed by atoms with van der Waals surface area (Å²) in [4.78, 5) is 16.0. The van der Waals surface area contributed by atoms with Gasteiger partial charge in [0.2, 0.25) is 10.0 Å². The molecule has 2 rings (SSSR count). The molecule has 1 aromatic carbocycles. The van der Waals surface area contributed by atoms with Gasteiger partial charge in [-0.3, -0.25) is 4.79 Å². The van der Waals surface area contributed by atoms with Crippen molar-refractivity contribution in [3.63, 3.8) is 0 Å². The Balaban J connectivity index is 2.03. The lowest BCUT2D eigenvalue weighted by Gasteiger charge is -2.06. The van der Waals surface area contributed by atoms with Crippen molar-refractivity contribution in [3.05, 3.63) is 50.7 Å². The van der Waals surface area contributed by atoms with Gasteiger partial charge in [0.25, 0.3) is 5.91 Å². The van der Waals surface area contributed by atoms with E-state index in [1.54, 1.807) is 0 Å². The van der Waals surface area contributed by atoms with Gasteiger partial charge >= 0.3 is 0 Å². The van der Waals surface area contributed by atoms with Crippen molar-refractivity contribution in [1.29, 1.82) is 0 Å². The summed E-state index contributed by atoms with van der Waals surface area (Å²) in [6, 6.07) is 3.64. The minimum absolute atomic E-state index is 0.0134. The van der Waals surface area contributed by atoms with E-state index >= 15 is 0 Å². The number of rotatable bonds is 7. The maximum Gasteiger partial charge on any atom is 0.284 e. The molecule has 2 aromatic rings. The molecule has 0 bridgehead atoms. The fourth-order valence-electron chi connectivity index (χ4n) is 1.75. The average molecular weight is 393 g/mol. The van der Waals surface area contributed by atoms with Gasteiger partial charge in [0.15, 0.2) is 0 Å². The lowest BCUT2D eigenvalue weighted by Crippen LogP contribution is -2.31. The van der Waals surface area contributed by atoms with Crippen LogP contribution in [0.4, 0.5) is 4.39 Å². The molecular weight excluding hydrogens is 379 g/mol. The van der Waals surface area contributed by atoms with Crippen molar-refractivity contribution in [3.8, 4) is 0 Å². The molecule has 0 aliphatic carbocycles. The highest BCUT2D eigenvalue weighted by Gasteiger charge is 2.19. The van der Waals surface area contributed by atoms with E-state index in [0.29, 0.717) is 11.6 Å². The monoisotopic (exact) mass is 392 g/mol. The molecule has 0 saturated heterocycles. The quantitative estimate of drug-likeness (QED) is 0.783. The molecule has 0 saturated carbocycles. The molecule has 1 heterocycles. The van der Waals surface area contributed by atoms with E-state index in [2.05, 4.69) is 4.98 Å². The minimum atomic E-state index is -4.00. The number of nitrogens with one attached hydrogen (secondary N) is 1. The van der Waals surface area contributed by atoms with Crippen LogP contribution >= 0.6 is 22.9 Å². The number of benzene rings is 1. The average Bonchev–Trinajstić information content (AvgIpc) is 2.97. The number of thiazole rings is 1. The maximum atomic E-state index is 13.4. The molecular formula is C14H14ClFN2O4S2. The number of hydrogen-bond acceptors (Lipinski definition) is 6. The number of aromatic nitrogens is 1. The Bertz CT molecular complexity index is 839. The van der Waals surface area contributed by atoms with Crippen LogP contribution in [0.3, 0.4) is 0 Å². The van der Waals surface area contributed by atoms with Crippen LogP contribution in [0, 0.1) is 5.82 Å². The lowest BCUT2D eigenvalue weighted by molar-refractivity contribution is 0.0976. The summed E-state index contributed by atoms with van der Waals surface area (Å²) in [5.74, 6) is -2.12. The highest BCUT2D eigenvalue weighted by Crippen LogP contribution is 2.17. The topological polar surface area (TPSA) is 85.4 Å². The molecule has 0 aliphatic rings. The Labute approximate surface area is 147 Å². The second-order valence-electron chi connectivity index (χ2n) is 4.70. The third-order valence-electron chi connectivity index (χ3n) is 2.80. The number of amides is 1. The van der Waals surface area contributed by atoms with E-state index < -0.39 is 27.5 Å². The fourth-order valence-corrected chi connectivity index (χ4v) is 3.65. The predicted octanol–water partition coefficient (Wildman–Crippen LogP) is 2.73. The highest BCUT2D eigenvalue weighted by molar-refractivity contribution is 7.89. The van der Waals surface area contributed by atoms with Crippen LogP contribution in [0.25, 0.3) is 0 Å². The number of hydrogen-bond donors (Lipinski definition) is 1. The third kappa shape index (κ3) is 5.23. The van der Waals surface area contributed by atoms with Crippen LogP contribution in [0.1, 0.15) is 28.0 Å². The van der Waals surface area contributed by atoms with E-state index in [-0.39, 0.29) is 22.9 Å². The molecule has 0 spiro atoms. The summed E-state index contributed by atoms with van der Waals surface area (Å²) >= 11 is 6.74. The number of carbonyl (C=O) groups is 1. The first-order valence-electron chi connectivity index (χ1n) is 6.81. The molecule has 0 aliphatic heterocycles. The molecule has 1 N–H and O–H groups in total. The molecule has 0 atom stereocenters. The first-order chi connectivity index (χ1) is 11.3. The third-order valence-corrected chi connectivity index (χ3v) is 5.14. The summed E-state index contributed by atoms with van der Waals surface area (Å²) in [5, 5.41) is 1.91. The predicted molar refractivity (Wildman–Crippen MR) is 88.9 cm³/mol. The molecule has 1 aromatic heterocycles. The first-order valence-corrected chi connectivity index (χ1v) is 9.72. The summed E-state index contributed by atoms with van der Waals surface area (Å²) in [5.41, 5.74) is 0.160. The van der Waals surface area contributed by atoms with Crippen molar-refractivity contribution in [2.24, 2.45) is 0 Å². The van der Waals surface area contributed by atoms with Crippen LogP contribution in [0.5, 0.6) is 0 Å². The van der Waals surface area contributed by atoms with E-state index in [9.17, 15) is 17.6 Å². The minimum Gasteiger partial charge on any atom is -0.375 e. The van der Waals surface area contributed by atoms with Gasteiger partial charge in [-0.05, 0) is 24.6 Å². The summed E-state index contributed by atoms with van der Waals surface area (Å²) < 4.78 is 44.5. The highest BCUT2D eigenvalue weighted by atomic mass is 35.5. The smallest absolute Gasteiger partial charge is 0.284 e. The zero-order valence-electron chi connectivity index (χ0n) is 12.6. The molecule has 6 nitrogen and oxygen atoms in total. The van der Waals surface area contributed by atoms with Crippen LogP contribution in [-0.2, 0) is 27.1 Å². The number of halogens is 2. The van der Waals surface area contributed by atoms with Crippen molar-refractivity contribution < 1.29 is 22.3 Å². The number of nitrogens with zero attached hydrogens (tertiary/aromatic N) is 1. The maximum absolute atomic E-state index is 13.4. The van der Waals surface area contributed by atoms with E-state index in [4.69, 9.17) is 16.3 Å². The second kappa shape index (κ2) is 8.02. The van der Waals surface area contributed by atoms with Crippen molar-refractivity contribution in [2.75, 3.05) is 6.61 Å². The van der Waals surface area contributed by atoms with Crippen LogP contribution in [0.15, 0.2) is 23.6 Å². The van der Waals surface area contributed by atoms with Gasteiger partial charge in [0, 0.05) is 12.0 Å². The lowest BCUT2D eigenvalue weighted by atomic mass is 10.2. The van der Waals surface area contributed by atoms with Crippen molar-refractivity contribution >= 4 is 38.9 Å². The van der Waals surface area contributed by atoms with Gasteiger partial charge in [-0.25, -0.2) is 22.5 Å². The Hall–Kier alpha value is -1.55. The van der Waals surface area contributed by atoms with Gasteiger partial charge in [0.1, 0.15) is 16.5 Å². The second-order valence-corrected chi connectivity index (χ2v) is 7.77. The molecule has 130 valence electrons. The van der Waals surface area contributed by atoms with Crippen molar-refractivity contribution in [2.45, 2.75) is 19.3 Å². The van der Waals surface area contributed by atoms with Crippen molar-refractivity contribution in [1.82, 2.24) is 9.71 Å². The molecule has 0 radical (unpaired) electrons. The molecule has 1 amide bonds. The van der Waals surface area contributed by atoms with Gasteiger partial charge in [-0.1, -0.05) is 17.7 Å². The van der Waals surface area contributed by atoms with Crippen LogP contribution < -0.4 is 4.72 Å². The number of carbonyl (C=O) groups excluding carboxylic acids is 1. The molecule has 24 heavy (non-hydrogen) atoms. The van der Waals surface area contributed by atoms with Gasteiger partial charge in [-0.15, -0.1) is 11.3 Å². The van der Waals surface area contributed by atoms with Gasteiger partial charge < -0.3 is 4.74 Å². The Morgan fingerprint density at radius 1 is 1.46 bits per heavy atom.